The van der Waals surface area contributed by atoms with E-state index >= 15 is 0 Å². The number of carbonyl (C=O) groups is 1. The first-order chi connectivity index (χ1) is 16.9. The minimum atomic E-state index is -0.331. The molecule has 0 aliphatic heterocycles. The number of hydrogen-bond acceptors (Lipinski definition) is 3. The molecular weight excluding hydrogens is 434 g/mol. The van der Waals surface area contributed by atoms with Gasteiger partial charge in [0.05, 0.1) is 17.6 Å². The number of aryl methyl sites for hydroxylation is 2. The van der Waals surface area contributed by atoms with Gasteiger partial charge in [0.15, 0.2) is 0 Å². The van der Waals surface area contributed by atoms with Crippen LogP contribution in [0.4, 0.5) is 0 Å². The molecule has 184 valence electrons. The number of rotatable bonds is 11. The highest BCUT2D eigenvalue weighted by atomic mass is 16.5. The molecule has 3 aromatic carbocycles. The number of unbranched alkanes of at least 4 members (excludes halogenated alkanes) is 2. The molecule has 1 aromatic heterocycles. The van der Waals surface area contributed by atoms with Crippen molar-refractivity contribution in [1.82, 2.24) is 14.9 Å². The van der Waals surface area contributed by atoms with Crippen molar-refractivity contribution in [3.8, 4) is 5.75 Å². The van der Waals surface area contributed by atoms with E-state index in [4.69, 9.17) is 9.72 Å². The van der Waals surface area contributed by atoms with Gasteiger partial charge in [-0.2, -0.15) is 0 Å². The van der Waals surface area contributed by atoms with Crippen molar-refractivity contribution in [2.24, 2.45) is 5.41 Å². The standard InChI is InChI=1S/C30H37N3O2/c1-30(2,3)29(34)31-20-10-4-5-19-28-32-25-16-8-9-17-26(25)33(28)21-12-22-35-27-18-11-14-23-13-6-7-15-24(23)27/h6-9,11,13-18H,4-5,10,12,19-22H2,1-3H3,(H,31,34). The molecule has 5 heteroatoms. The van der Waals surface area contributed by atoms with Crippen LogP contribution in [-0.4, -0.2) is 28.6 Å². The maximum absolute atomic E-state index is 12.0. The lowest BCUT2D eigenvalue weighted by Gasteiger charge is -2.17. The normalized spacial score (nSPS) is 11.7. The molecule has 0 radical (unpaired) electrons. The number of aromatic nitrogens is 2. The molecular formula is C30H37N3O2. The molecule has 5 nitrogen and oxygen atoms in total. The summed E-state index contributed by atoms with van der Waals surface area (Å²) in [5, 5.41) is 5.39. The number of carbonyl (C=O) groups excluding carboxylic acids is 1. The van der Waals surface area contributed by atoms with Crippen molar-refractivity contribution in [3.05, 3.63) is 72.6 Å². The molecule has 0 atom stereocenters. The SMILES string of the molecule is CC(C)(C)C(=O)NCCCCCc1nc2ccccc2n1CCCOc1cccc2ccccc12. The zero-order chi connectivity index (χ0) is 24.7. The Bertz CT molecular complexity index is 1260. The smallest absolute Gasteiger partial charge is 0.225 e. The molecule has 0 aliphatic carbocycles. The molecule has 0 unspecified atom stereocenters. The van der Waals surface area contributed by atoms with Crippen LogP contribution in [0, 0.1) is 5.41 Å². The molecule has 0 spiro atoms. The second-order valence-electron chi connectivity index (χ2n) is 10.2. The third-order valence-corrected chi connectivity index (χ3v) is 6.31. The molecule has 0 saturated heterocycles. The van der Waals surface area contributed by atoms with Crippen molar-refractivity contribution >= 4 is 27.7 Å². The van der Waals surface area contributed by atoms with Gasteiger partial charge in [0.25, 0.3) is 0 Å². The van der Waals surface area contributed by atoms with E-state index in [1.807, 2.05) is 39.0 Å². The van der Waals surface area contributed by atoms with E-state index in [2.05, 4.69) is 58.4 Å². The van der Waals surface area contributed by atoms with E-state index < -0.39 is 0 Å². The monoisotopic (exact) mass is 471 g/mol. The van der Waals surface area contributed by atoms with Gasteiger partial charge in [0.1, 0.15) is 11.6 Å². The number of benzene rings is 3. The predicted molar refractivity (Wildman–Crippen MR) is 144 cm³/mol. The highest BCUT2D eigenvalue weighted by Gasteiger charge is 2.20. The number of ether oxygens (including phenoxy) is 1. The fraction of sp³-hybridized carbons (Fsp3) is 0.400. The summed E-state index contributed by atoms with van der Waals surface area (Å²) in [6.45, 7) is 8.10. The Kier molecular flexibility index (Phi) is 8.06. The molecule has 0 bridgehead atoms. The fourth-order valence-electron chi connectivity index (χ4n) is 4.34. The molecule has 0 aliphatic rings. The Morgan fingerprint density at radius 2 is 1.69 bits per heavy atom. The summed E-state index contributed by atoms with van der Waals surface area (Å²) in [6, 6.07) is 22.9. The van der Waals surface area contributed by atoms with Crippen molar-refractivity contribution in [2.75, 3.05) is 13.2 Å². The second-order valence-corrected chi connectivity index (χ2v) is 10.2. The van der Waals surface area contributed by atoms with E-state index in [1.54, 1.807) is 0 Å². The van der Waals surface area contributed by atoms with Crippen LogP contribution in [0.5, 0.6) is 5.75 Å². The van der Waals surface area contributed by atoms with Crippen LogP contribution in [0.25, 0.3) is 21.8 Å². The Morgan fingerprint density at radius 3 is 2.54 bits per heavy atom. The molecule has 35 heavy (non-hydrogen) atoms. The van der Waals surface area contributed by atoms with Crippen molar-refractivity contribution < 1.29 is 9.53 Å². The number of fused-ring (bicyclic) bond motifs is 2. The zero-order valence-corrected chi connectivity index (χ0v) is 21.2. The molecule has 1 N–H and O–H groups in total. The van der Waals surface area contributed by atoms with E-state index in [9.17, 15) is 4.79 Å². The summed E-state index contributed by atoms with van der Waals surface area (Å²) in [4.78, 5) is 16.9. The van der Waals surface area contributed by atoms with Gasteiger partial charge >= 0.3 is 0 Å². The van der Waals surface area contributed by atoms with Gasteiger partial charge < -0.3 is 14.6 Å². The van der Waals surface area contributed by atoms with Gasteiger partial charge in [-0.15, -0.1) is 0 Å². The fourth-order valence-corrected chi connectivity index (χ4v) is 4.34. The quantitative estimate of drug-likeness (QED) is 0.253. The molecule has 4 aromatic rings. The number of amides is 1. The van der Waals surface area contributed by atoms with Crippen LogP contribution in [0.1, 0.15) is 52.3 Å². The maximum atomic E-state index is 12.0. The average Bonchev–Trinajstić information content (AvgIpc) is 3.20. The zero-order valence-electron chi connectivity index (χ0n) is 21.2. The number of hydrogen-bond donors (Lipinski definition) is 1. The lowest BCUT2D eigenvalue weighted by Crippen LogP contribution is -2.35. The van der Waals surface area contributed by atoms with Gasteiger partial charge in [0, 0.05) is 30.3 Å². The summed E-state index contributed by atoms with van der Waals surface area (Å²) in [5.74, 6) is 2.19. The van der Waals surface area contributed by atoms with Crippen molar-refractivity contribution in [3.63, 3.8) is 0 Å². The van der Waals surface area contributed by atoms with Crippen LogP contribution in [-0.2, 0) is 17.8 Å². The van der Waals surface area contributed by atoms with Gasteiger partial charge in [-0.05, 0) is 42.8 Å². The number of nitrogens with zero attached hydrogens (tertiary/aromatic N) is 2. The van der Waals surface area contributed by atoms with E-state index in [0.717, 1.165) is 67.7 Å². The van der Waals surface area contributed by atoms with Crippen molar-refractivity contribution in [1.29, 1.82) is 0 Å². The van der Waals surface area contributed by atoms with Crippen LogP contribution in [0.15, 0.2) is 66.7 Å². The summed E-state index contributed by atoms with van der Waals surface area (Å²) >= 11 is 0. The number of nitrogens with one attached hydrogen (secondary N) is 1. The van der Waals surface area contributed by atoms with Crippen LogP contribution < -0.4 is 10.1 Å². The van der Waals surface area contributed by atoms with Crippen LogP contribution >= 0.6 is 0 Å². The Balaban J connectivity index is 1.30. The Hall–Kier alpha value is -3.34. The first kappa shape index (κ1) is 24.8. The third kappa shape index (κ3) is 6.41. The van der Waals surface area contributed by atoms with E-state index in [1.165, 1.54) is 10.9 Å². The van der Waals surface area contributed by atoms with E-state index in [-0.39, 0.29) is 11.3 Å². The number of para-hydroxylation sites is 2. The highest BCUT2D eigenvalue weighted by Crippen LogP contribution is 2.25. The predicted octanol–water partition coefficient (Wildman–Crippen LogP) is 6.53. The van der Waals surface area contributed by atoms with Gasteiger partial charge in [-0.25, -0.2) is 4.98 Å². The van der Waals surface area contributed by atoms with E-state index in [0.29, 0.717) is 6.61 Å². The minimum absolute atomic E-state index is 0.116. The summed E-state index contributed by atoms with van der Waals surface area (Å²) < 4.78 is 8.52. The number of imidazole rings is 1. The van der Waals surface area contributed by atoms with Crippen LogP contribution in [0.3, 0.4) is 0 Å². The van der Waals surface area contributed by atoms with Gasteiger partial charge in [-0.1, -0.05) is 75.7 Å². The molecule has 4 rings (SSSR count). The van der Waals surface area contributed by atoms with Gasteiger partial charge in [-0.3, -0.25) is 4.79 Å². The first-order valence-electron chi connectivity index (χ1n) is 12.8. The molecule has 0 fully saturated rings. The minimum Gasteiger partial charge on any atom is -0.493 e. The molecule has 1 amide bonds. The van der Waals surface area contributed by atoms with Crippen LogP contribution in [0.2, 0.25) is 0 Å². The first-order valence-corrected chi connectivity index (χ1v) is 12.8. The summed E-state index contributed by atoms with van der Waals surface area (Å²) in [7, 11) is 0. The lowest BCUT2D eigenvalue weighted by atomic mass is 9.96. The third-order valence-electron chi connectivity index (χ3n) is 6.31. The largest absolute Gasteiger partial charge is 0.493 e. The molecule has 0 saturated carbocycles. The second kappa shape index (κ2) is 11.4. The van der Waals surface area contributed by atoms with Crippen molar-refractivity contribution in [2.45, 2.75) is 59.4 Å². The summed E-state index contributed by atoms with van der Waals surface area (Å²) in [5.41, 5.74) is 1.90. The average molecular weight is 472 g/mol. The lowest BCUT2D eigenvalue weighted by molar-refractivity contribution is -0.128. The Labute approximate surface area is 208 Å². The van der Waals surface area contributed by atoms with Gasteiger partial charge in [0.2, 0.25) is 5.91 Å². The maximum Gasteiger partial charge on any atom is 0.225 e. The highest BCUT2D eigenvalue weighted by molar-refractivity contribution is 5.88. The topological polar surface area (TPSA) is 56.2 Å². The summed E-state index contributed by atoms with van der Waals surface area (Å²) in [6.07, 6.45) is 4.96. The molecule has 1 heterocycles. The Morgan fingerprint density at radius 1 is 0.914 bits per heavy atom.